The van der Waals surface area contributed by atoms with E-state index >= 15 is 0 Å². The average Bonchev–Trinajstić information content (AvgIpc) is 3.33. The fourth-order valence-electron chi connectivity index (χ4n) is 5.95. The summed E-state index contributed by atoms with van der Waals surface area (Å²) in [5.41, 5.74) is 5.09. The predicted octanol–water partition coefficient (Wildman–Crippen LogP) is 4.85. The molecule has 7 rings (SSSR count). The second-order valence-electron chi connectivity index (χ2n) is 8.63. The fraction of sp³-hybridized carbons (Fsp3) is 0.455. The van der Waals surface area contributed by atoms with Crippen molar-refractivity contribution >= 4 is 26.8 Å². The molecule has 2 aromatic heterocycles. The Labute approximate surface area is 167 Å². The highest BCUT2D eigenvalue weighted by Gasteiger charge is 2.51. The summed E-state index contributed by atoms with van der Waals surface area (Å²) >= 11 is 3.44. The van der Waals surface area contributed by atoms with E-state index in [1.807, 2.05) is 12.4 Å². The molecule has 138 valence electrons. The van der Waals surface area contributed by atoms with Gasteiger partial charge in [-0.15, -0.1) is 0 Å². The summed E-state index contributed by atoms with van der Waals surface area (Å²) in [5, 5.41) is 1.37. The molecule has 0 spiro atoms. The van der Waals surface area contributed by atoms with Gasteiger partial charge in [-0.05, 0) is 72.0 Å². The van der Waals surface area contributed by atoms with Crippen molar-refractivity contribution in [2.24, 2.45) is 11.8 Å². The van der Waals surface area contributed by atoms with Crippen molar-refractivity contribution in [3.05, 3.63) is 58.2 Å². The Morgan fingerprint density at radius 3 is 2.70 bits per heavy atom. The van der Waals surface area contributed by atoms with Gasteiger partial charge in [0.1, 0.15) is 4.60 Å². The predicted molar refractivity (Wildman–Crippen MR) is 109 cm³/mol. The number of nitrogens with zero attached hydrogens (tertiary/aromatic N) is 3. The number of fused-ring (bicyclic) bond motifs is 4. The number of halogens is 1. The maximum absolute atomic E-state index is 4.79. The molecule has 0 saturated heterocycles. The molecule has 3 aromatic rings. The molecule has 1 N–H and O–H groups in total. The second-order valence-corrected chi connectivity index (χ2v) is 9.44. The van der Waals surface area contributed by atoms with E-state index in [1.54, 1.807) is 0 Å². The average molecular weight is 423 g/mol. The highest BCUT2D eigenvalue weighted by Crippen LogP contribution is 2.54. The van der Waals surface area contributed by atoms with Crippen LogP contribution in [0.25, 0.3) is 10.9 Å². The summed E-state index contributed by atoms with van der Waals surface area (Å²) in [6.07, 6.45) is 9.09. The molecule has 3 fully saturated rings. The molecule has 3 atom stereocenters. The number of aromatic amines is 1. The molecule has 0 unspecified atom stereocenters. The normalized spacial score (nSPS) is 32.4. The zero-order valence-corrected chi connectivity index (χ0v) is 17.0. The molecular weight excluding hydrogens is 400 g/mol. The van der Waals surface area contributed by atoms with Gasteiger partial charge in [0, 0.05) is 28.7 Å². The van der Waals surface area contributed by atoms with Gasteiger partial charge < -0.3 is 4.98 Å². The maximum Gasteiger partial charge on any atom is 0.124 e. The summed E-state index contributed by atoms with van der Waals surface area (Å²) in [5.74, 6) is 1.82. The maximum atomic E-state index is 4.79. The Bertz CT molecular complexity index is 1000. The van der Waals surface area contributed by atoms with E-state index in [4.69, 9.17) is 4.98 Å². The summed E-state index contributed by atoms with van der Waals surface area (Å²) in [6, 6.07) is 10.1. The van der Waals surface area contributed by atoms with Gasteiger partial charge >= 0.3 is 0 Å². The second kappa shape index (κ2) is 5.89. The van der Waals surface area contributed by atoms with E-state index in [2.05, 4.69) is 62.0 Å². The Hall–Kier alpha value is -1.72. The number of hydrogen-bond donors (Lipinski definition) is 1. The minimum Gasteiger partial charge on any atom is -0.357 e. The van der Waals surface area contributed by atoms with Crippen LogP contribution in [0.5, 0.6) is 0 Å². The summed E-state index contributed by atoms with van der Waals surface area (Å²) in [4.78, 5) is 15.8. The molecule has 0 amide bonds. The number of aromatic nitrogens is 3. The van der Waals surface area contributed by atoms with Crippen LogP contribution >= 0.6 is 15.9 Å². The Balaban J connectivity index is 1.54. The molecule has 3 saturated carbocycles. The van der Waals surface area contributed by atoms with Crippen molar-refractivity contribution in [2.75, 3.05) is 0 Å². The SMILES string of the molecule is C[C@@H]1Cc2c([nH]c3ccccc23)[C@@H](c2cnc(Br)cn2)N1[C@@H]1CC2CC1C2. The van der Waals surface area contributed by atoms with Crippen molar-refractivity contribution in [1.82, 2.24) is 19.9 Å². The summed E-state index contributed by atoms with van der Waals surface area (Å²) < 4.78 is 0.793. The molecule has 4 nitrogen and oxygen atoms in total. The quantitative estimate of drug-likeness (QED) is 0.641. The molecule has 4 aliphatic rings. The minimum atomic E-state index is 0.168. The van der Waals surface area contributed by atoms with Crippen LogP contribution in [-0.4, -0.2) is 31.9 Å². The number of rotatable bonds is 2. The number of nitrogens with one attached hydrogen (secondary N) is 1. The third-order valence-corrected chi connectivity index (χ3v) is 7.53. The molecule has 1 aliphatic heterocycles. The fourth-order valence-corrected chi connectivity index (χ4v) is 6.16. The zero-order chi connectivity index (χ0) is 18.1. The van der Waals surface area contributed by atoms with Crippen molar-refractivity contribution in [3.63, 3.8) is 0 Å². The lowest BCUT2D eigenvalue weighted by Crippen LogP contribution is -2.49. The molecular formula is C22H23BrN4. The first-order valence-electron chi connectivity index (χ1n) is 10.0. The monoisotopic (exact) mass is 422 g/mol. The highest BCUT2D eigenvalue weighted by molar-refractivity contribution is 9.10. The molecule has 3 aliphatic carbocycles. The van der Waals surface area contributed by atoms with Crippen LogP contribution in [-0.2, 0) is 6.42 Å². The van der Waals surface area contributed by atoms with Gasteiger partial charge in [-0.2, -0.15) is 0 Å². The zero-order valence-electron chi connectivity index (χ0n) is 15.4. The topological polar surface area (TPSA) is 44.8 Å². The molecule has 1 aromatic carbocycles. The minimum absolute atomic E-state index is 0.168. The third-order valence-electron chi connectivity index (χ3n) is 7.12. The van der Waals surface area contributed by atoms with Gasteiger partial charge in [-0.1, -0.05) is 18.2 Å². The van der Waals surface area contributed by atoms with Crippen LogP contribution in [0.4, 0.5) is 0 Å². The summed E-state index contributed by atoms with van der Waals surface area (Å²) in [6.45, 7) is 2.40. The first-order valence-corrected chi connectivity index (χ1v) is 10.8. The lowest BCUT2D eigenvalue weighted by Gasteiger charge is -2.45. The van der Waals surface area contributed by atoms with Gasteiger partial charge in [0.2, 0.25) is 0 Å². The van der Waals surface area contributed by atoms with Gasteiger partial charge in [0.15, 0.2) is 0 Å². The van der Waals surface area contributed by atoms with Gasteiger partial charge in [0.25, 0.3) is 0 Å². The largest absolute Gasteiger partial charge is 0.357 e. The molecule has 27 heavy (non-hydrogen) atoms. The Morgan fingerprint density at radius 1 is 1.11 bits per heavy atom. The molecule has 0 radical (unpaired) electrons. The van der Waals surface area contributed by atoms with Crippen molar-refractivity contribution < 1.29 is 0 Å². The van der Waals surface area contributed by atoms with Crippen molar-refractivity contribution in [3.8, 4) is 0 Å². The van der Waals surface area contributed by atoms with Crippen LogP contribution in [0.2, 0.25) is 0 Å². The van der Waals surface area contributed by atoms with Gasteiger partial charge in [-0.3, -0.25) is 9.88 Å². The van der Waals surface area contributed by atoms with E-state index in [0.29, 0.717) is 12.1 Å². The number of H-pyrrole nitrogens is 1. The van der Waals surface area contributed by atoms with Crippen LogP contribution in [0.3, 0.4) is 0 Å². The van der Waals surface area contributed by atoms with Crippen molar-refractivity contribution in [2.45, 2.75) is 50.7 Å². The van der Waals surface area contributed by atoms with Crippen LogP contribution in [0.15, 0.2) is 41.3 Å². The number of hydrogen-bond acceptors (Lipinski definition) is 3. The molecule has 2 bridgehead atoms. The summed E-state index contributed by atoms with van der Waals surface area (Å²) in [7, 11) is 0. The van der Waals surface area contributed by atoms with Crippen LogP contribution < -0.4 is 0 Å². The molecule has 3 heterocycles. The Kier molecular flexibility index (Phi) is 3.54. The Morgan fingerprint density at radius 2 is 1.96 bits per heavy atom. The van der Waals surface area contributed by atoms with E-state index < -0.39 is 0 Å². The first-order chi connectivity index (χ1) is 13.2. The van der Waals surface area contributed by atoms with E-state index in [0.717, 1.165) is 28.6 Å². The van der Waals surface area contributed by atoms with Crippen molar-refractivity contribution in [1.29, 1.82) is 0 Å². The van der Waals surface area contributed by atoms with Crippen LogP contribution in [0.1, 0.15) is 49.2 Å². The first kappa shape index (κ1) is 16.3. The standard InChI is InChI=1S/C22H23BrN4/c1-12-6-16-15-4-2-3-5-17(15)26-21(16)22(18-10-25-20(23)11-24-18)27(12)19-9-13-7-14(19)8-13/h2-5,10-14,19,22,26H,6-9H2,1H3/t12-,13?,14?,19-,22-/m1/s1. The molecule has 5 heteroatoms. The van der Waals surface area contributed by atoms with E-state index in [1.165, 1.54) is 41.4 Å². The lowest BCUT2D eigenvalue weighted by molar-refractivity contribution is 0.0693. The smallest absolute Gasteiger partial charge is 0.124 e. The third kappa shape index (κ3) is 2.37. The van der Waals surface area contributed by atoms with E-state index in [9.17, 15) is 0 Å². The highest BCUT2D eigenvalue weighted by atomic mass is 79.9. The van der Waals surface area contributed by atoms with Gasteiger partial charge in [-0.25, -0.2) is 4.98 Å². The van der Waals surface area contributed by atoms with Crippen LogP contribution in [0, 0.1) is 11.8 Å². The number of benzene rings is 1. The van der Waals surface area contributed by atoms with E-state index in [-0.39, 0.29) is 6.04 Å². The lowest BCUT2D eigenvalue weighted by atomic mass is 9.82. The number of para-hydroxylation sites is 1. The van der Waals surface area contributed by atoms with Gasteiger partial charge in [0.05, 0.1) is 24.1 Å².